The summed E-state index contributed by atoms with van der Waals surface area (Å²) < 4.78 is 23.8. The number of phosphoric ester groups is 1. The number of hydrogen-bond acceptors (Lipinski definition) is 5. The lowest BCUT2D eigenvalue weighted by molar-refractivity contribution is -0.870. The zero-order valence-electron chi connectivity index (χ0n) is 56.8. The van der Waals surface area contributed by atoms with Crippen LogP contribution in [0.3, 0.4) is 0 Å². The monoisotopic (exact) mass is 1220 g/mol. The third-order valence-corrected chi connectivity index (χ3v) is 16.6. The molecule has 0 spiro atoms. The number of unbranched alkanes of at least 4 members (excludes halogenated alkanes) is 34. The van der Waals surface area contributed by atoms with Crippen molar-refractivity contribution in [1.29, 1.82) is 0 Å². The Morgan fingerprint density at radius 3 is 1.07 bits per heavy atom. The number of allylic oxidation sites excluding steroid dienone is 19. The van der Waals surface area contributed by atoms with Crippen molar-refractivity contribution in [2.24, 2.45) is 0 Å². The van der Waals surface area contributed by atoms with E-state index >= 15 is 0 Å². The molecule has 0 bridgehead atoms. The summed E-state index contributed by atoms with van der Waals surface area (Å²) in [5, 5.41) is 14.0. The molecule has 3 atom stereocenters. The van der Waals surface area contributed by atoms with Gasteiger partial charge in [-0.25, -0.2) is 4.57 Å². The van der Waals surface area contributed by atoms with E-state index in [1.54, 1.807) is 6.08 Å². The van der Waals surface area contributed by atoms with E-state index in [0.29, 0.717) is 17.4 Å². The zero-order valence-corrected chi connectivity index (χ0v) is 57.7. The number of nitrogens with one attached hydrogen (secondary N) is 1. The topological polar surface area (TPSA) is 105 Å². The first-order chi connectivity index (χ1) is 42.0. The second-order valence-electron chi connectivity index (χ2n) is 25.2. The van der Waals surface area contributed by atoms with Crippen LogP contribution in [0.1, 0.15) is 309 Å². The molecule has 86 heavy (non-hydrogen) atoms. The van der Waals surface area contributed by atoms with Gasteiger partial charge in [-0.15, -0.1) is 0 Å². The van der Waals surface area contributed by atoms with E-state index in [1.165, 1.54) is 199 Å². The van der Waals surface area contributed by atoms with E-state index in [1.807, 2.05) is 27.2 Å². The predicted octanol–water partition coefficient (Wildman–Crippen LogP) is 23.2. The van der Waals surface area contributed by atoms with Gasteiger partial charge in [-0.05, 0) is 96.3 Å². The number of likely N-dealkylation sites (N-methyl/N-ethyl adjacent to an activating group) is 1. The zero-order chi connectivity index (χ0) is 62.6. The van der Waals surface area contributed by atoms with E-state index in [9.17, 15) is 19.4 Å². The van der Waals surface area contributed by atoms with Crippen LogP contribution in [0.25, 0.3) is 0 Å². The number of rotatable bonds is 65. The van der Waals surface area contributed by atoms with Gasteiger partial charge in [0.2, 0.25) is 5.91 Å². The molecule has 496 valence electrons. The number of aliphatic hydroxyl groups is 1. The van der Waals surface area contributed by atoms with E-state index < -0.39 is 20.0 Å². The SMILES string of the molecule is CC/C=C\C/C=C\C/C=C\C/C=C\C/C=C\C/C=C\C/C=C\C/C=C\CCCCCCCCCCCCCCCCC(=O)NC(COP(=O)(O)OCC[N+](C)(C)C)C(O)/C=C/CC/C=C/CCCCCCCCCCCCCCCCCCCCC. The Hall–Kier alpha value is -3.10. The smallest absolute Gasteiger partial charge is 0.387 e. The lowest BCUT2D eigenvalue weighted by Crippen LogP contribution is -2.45. The molecule has 3 unspecified atom stereocenters. The Morgan fingerprint density at radius 1 is 0.407 bits per heavy atom. The van der Waals surface area contributed by atoms with Crippen LogP contribution < -0.4 is 5.32 Å². The van der Waals surface area contributed by atoms with Crippen molar-refractivity contribution in [3.05, 3.63) is 122 Å². The van der Waals surface area contributed by atoms with Crippen molar-refractivity contribution in [2.75, 3.05) is 40.9 Å². The van der Waals surface area contributed by atoms with Gasteiger partial charge in [-0.2, -0.15) is 0 Å². The molecule has 0 aliphatic heterocycles. The van der Waals surface area contributed by atoms with Gasteiger partial charge >= 0.3 is 7.82 Å². The molecule has 0 saturated carbocycles. The lowest BCUT2D eigenvalue weighted by Gasteiger charge is -2.25. The minimum atomic E-state index is -4.37. The molecule has 0 heterocycles. The number of carbonyl (C=O) groups is 1. The third-order valence-electron chi connectivity index (χ3n) is 15.7. The van der Waals surface area contributed by atoms with Crippen molar-refractivity contribution in [2.45, 2.75) is 321 Å². The Kier molecular flexibility index (Phi) is 63.9. The van der Waals surface area contributed by atoms with Crippen LogP contribution in [0.4, 0.5) is 0 Å². The molecule has 0 rings (SSSR count). The van der Waals surface area contributed by atoms with Gasteiger partial charge in [0.15, 0.2) is 0 Å². The largest absolute Gasteiger partial charge is 0.472 e. The second-order valence-corrected chi connectivity index (χ2v) is 26.7. The molecule has 8 nitrogen and oxygen atoms in total. The molecule has 9 heteroatoms. The number of hydrogen-bond donors (Lipinski definition) is 3. The van der Waals surface area contributed by atoms with Gasteiger partial charge in [0, 0.05) is 6.42 Å². The van der Waals surface area contributed by atoms with Crippen molar-refractivity contribution in [3.8, 4) is 0 Å². The Labute approximate surface area is 533 Å². The molecule has 0 fully saturated rings. The maximum Gasteiger partial charge on any atom is 0.472 e. The van der Waals surface area contributed by atoms with Crippen molar-refractivity contribution in [1.82, 2.24) is 5.32 Å². The van der Waals surface area contributed by atoms with Gasteiger partial charge in [0.05, 0.1) is 39.9 Å². The summed E-state index contributed by atoms with van der Waals surface area (Å²) in [5.41, 5.74) is 0. The maximum absolute atomic E-state index is 13.1. The molecule has 0 saturated heterocycles. The fraction of sp³-hybridized carbons (Fsp3) is 0.727. The number of nitrogens with zero attached hydrogens (tertiary/aromatic N) is 1. The van der Waals surface area contributed by atoms with Crippen molar-refractivity contribution < 1.29 is 32.9 Å². The lowest BCUT2D eigenvalue weighted by atomic mass is 10.0. The predicted molar refractivity (Wildman–Crippen MR) is 378 cm³/mol. The van der Waals surface area contributed by atoms with E-state index in [4.69, 9.17) is 9.05 Å². The van der Waals surface area contributed by atoms with E-state index in [-0.39, 0.29) is 19.1 Å². The minimum absolute atomic E-state index is 0.0522. The van der Waals surface area contributed by atoms with Crippen LogP contribution in [0.2, 0.25) is 0 Å². The molecular weight excluding hydrogens is 1080 g/mol. The van der Waals surface area contributed by atoms with Crippen LogP contribution in [0.15, 0.2) is 122 Å². The average Bonchev–Trinajstić information content (AvgIpc) is 3.70. The van der Waals surface area contributed by atoms with Gasteiger partial charge in [0.1, 0.15) is 13.2 Å². The highest BCUT2D eigenvalue weighted by molar-refractivity contribution is 7.47. The molecule has 0 aliphatic carbocycles. The molecule has 3 N–H and O–H groups in total. The number of phosphoric acid groups is 1. The Bertz CT molecular complexity index is 1820. The summed E-state index contributed by atoms with van der Waals surface area (Å²) in [4.78, 5) is 23.4. The van der Waals surface area contributed by atoms with Gasteiger partial charge in [-0.3, -0.25) is 13.8 Å². The highest BCUT2D eigenvalue weighted by Gasteiger charge is 2.28. The first kappa shape index (κ1) is 82.9. The summed E-state index contributed by atoms with van der Waals surface area (Å²) in [6.45, 7) is 4.70. The molecule has 0 radical (unpaired) electrons. The summed E-state index contributed by atoms with van der Waals surface area (Å²) in [5.74, 6) is -0.188. The van der Waals surface area contributed by atoms with Crippen LogP contribution in [-0.4, -0.2) is 73.4 Å². The Balaban J connectivity index is 4.10. The quantitative estimate of drug-likeness (QED) is 0.0243. The number of quaternary nitrogens is 1. The standard InChI is InChI=1S/C77H137N2O6P/c1-6-8-10-12-14-16-18-20-22-24-26-28-30-32-33-34-35-36-37-38-39-40-41-42-43-44-45-47-49-51-53-55-57-59-61-63-65-67-69-71-77(81)78-75(74-85-86(82,83)84-73-72-79(3,4)5)76(80)70-68-66-64-62-60-58-56-54-52-50-48-46-31-29-27-25-23-21-19-17-15-13-11-9-7-2/h8,10,14,16,20,22,26,28,32-33,35-36,38-39,41-42,60,62,68,70,75-76,80H,6-7,9,11-13,15,17-19,21,23-25,27,29-31,34,37,40,43-59,61,63-67,69,71-74H2,1-5H3,(H-,78,81,82,83)/p+1/b10-8-,16-14-,22-20-,28-26-,33-32-,36-35-,39-38-,42-41-,62-60+,70-68+. The maximum atomic E-state index is 13.1. The summed E-state index contributed by atoms with van der Waals surface area (Å²) in [6.07, 6.45) is 99.2. The average molecular weight is 1220 g/mol. The van der Waals surface area contributed by atoms with Gasteiger partial charge in [-0.1, -0.05) is 328 Å². The second kappa shape index (κ2) is 66.3. The molecule has 0 aromatic carbocycles. The molecular formula is C77H138N2O6P+. The fourth-order valence-electron chi connectivity index (χ4n) is 10.1. The van der Waals surface area contributed by atoms with Crippen molar-refractivity contribution >= 4 is 13.7 Å². The van der Waals surface area contributed by atoms with E-state index in [2.05, 4.69) is 129 Å². The molecule has 0 aliphatic rings. The third kappa shape index (κ3) is 68.4. The first-order valence-corrected chi connectivity index (χ1v) is 37.4. The first-order valence-electron chi connectivity index (χ1n) is 35.9. The normalized spacial score (nSPS) is 14.4. The molecule has 0 aromatic heterocycles. The van der Waals surface area contributed by atoms with Crippen molar-refractivity contribution in [3.63, 3.8) is 0 Å². The Morgan fingerprint density at radius 2 is 0.709 bits per heavy atom. The number of aliphatic hydroxyl groups excluding tert-OH is 1. The fourth-order valence-corrected chi connectivity index (χ4v) is 10.9. The number of carbonyl (C=O) groups excluding carboxylic acids is 1. The molecule has 1 amide bonds. The summed E-state index contributed by atoms with van der Waals surface area (Å²) in [7, 11) is 1.55. The van der Waals surface area contributed by atoms with Gasteiger partial charge in [0.25, 0.3) is 0 Å². The number of amides is 1. The highest BCUT2D eigenvalue weighted by atomic mass is 31.2. The summed E-state index contributed by atoms with van der Waals surface area (Å²) in [6, 6.07) is -0.872. The van der Waals surface area contributed by atoms with Crippen LogP contribution in [0, 0.1) is 0 Å². The van der Waals surface area contributed by atoms with Gasteiger partial charge < -0.3 is 19.8 Å². The minimum Gasteiger partial charge on any atom is -0.387 e. The van der Waals surface area contributed by atoms with Crippen LogP contribution in [0.5, 0.6) is 0 Å². The highest BCUT2D eigenvalue weighted by Crippen LogP contribution is 2.43. The van der Waals surface area contributed by atoms with Crippen LogP contribution in [-0.2, 0) is 18.4 Å². The van der Waals surface area contributed by atoms with E-state index in [0.717, 1.165) is 89.9 Å². The van der Waals surface area contributed by atoms with Crippen LogP contribution >= 0.6 is 7.82 Å². The molecule has 0 aromatic rings. The summed E-state index contributed by atoms with van der Waals surface area (Å²) >= 11 is 0.